The summed E-state index contributed by atoms with van der Waals surface area (Å²) in [5.41, 5.74) is 0. The van der Waals surface area contributed by atoms with Crippen molar-refractivity contribution in [2.45, 2.75) is 0 Å². The zero-order valence-electron chi connectivity index (χ0n) is 6.95. The number of nitrogens with zero attached hydrogens (tertiary/aromatic N) is 1. The maximum atomic E-state index is 2.12. The molecule has 0 spiro atoms. The molecule has 0 saturated heterocycles. The Labute approximate surface area is 69.2 Å². The molecular formula is C4H15NNaO+. The average Bonchev–Trinajstić information content (AvgIpc) is 0.722. The molecule has 0 heterocycles. The van der Waals surface area contributed by atoms with E-state index in [9.17, 15) is 0 Å². The predicted octanol–water partition coefficient (Wildman–Crippen LogP) is -3.39. The first-order valence-corrected chi connectivity index (χ1v) is 1.79. The Morgan fingerprint density at radius 3 is 1.00 bits per heavy atom. The summed E-state index contributed by atoms with van der Waals surface area (Å²) in [7, 11) is 8.50. The van der Waals surface area contributed by atoms with Gasteiger partial charge in [0.2, 0.25) is 0 Å². The summed E-state index contributed by atoms with van der Waals surface area (Å²) in [6.07, 6.45) is 0. The van der Waals surface area contributed by atoms with E-state index in [-0.39, 0.29) is 36.5 Å². The predicted molar refractivity (Wildman–Crippen MR) is 28.7 cm³/mol. The molecule has 0 fully saturated rings. The van der Waals surface area contributed by atoms with Crippen LogP contribution in [-0.4, -0.2) is 38.1 Å². The Morgan fingerprint density at radius 2 is 1.00 bits per heavy atom. The molecule has 0 saturated carbocycles. The third-order valence-electron chi connectivity index (χ3n) is 0. The van der Waals surface area contributed by atoms with E-state index in [0.717, 1.165) is 4.48 Å². The van der Waals surface area contributed by atoms with Crippen LogP contribution in [0.25, 0.3) is 0 Å². The number of hydrogen-bond donors (Lipinski definition) is 0. The van der Waals surface area contributed by atoms with Crippen LogP contribution in [0.5, 0.6) is 0 Å². The first-order chi connectivity index (χ1) is 2.00. The molecule has 0 amide bonds. The molecule has 2 N–H and O–H groups in total. The van der Waals surface area contributed by atoms with Gasteiger partial charge in [-0.3, -0.25) is 0 Å². The second-order valence-corrected chi connectivity index (χ2v) is 2.68. The van der Waals surface area contributed by atoms with Gasteiger partial charge in [0.25, 0.3) is 0 Å². The molecule has 2 nitrogen and oxygen atoms in total. The Kier molecular flexibility index (Phi) is 11.3. The molecule has 3 heteroatoms. The maximum Gasteiger partial charge on any atom is 1.00 e. The molecule has 0 aromatic carbocycles. The minimum atomic E-state index is 0. The van der Waals surface area contributed by atoms with Crippen molar-refractivity contribution in [3.8, 4) is 0 Å². The molecule has 0 bridgehead atoms. The van der Waals surface area contributed by atoms with E-state index in [2.05, 4.69) is 28.2 Å². The summed E-state index contributed by atoms with van der Waals surface area (Å²) in [6, 6.07) is 0. The molecule has 7 heavy (non-hydrogen) atoms. The third kappa shape index (κ3) is 198. The minimum absolute atomic E-state index is 0. The number of hydrogen-bond acceptors (Lipinski definition) is 0. The van der Waals surface area contributed by atoms with Gasteiger partial charge in [-0.15, -0.1) is 0 Å². The van der Waals surface area contributed by atoms with Crippen LogP contribution in [0.4, 0.5) is 0 Å². The van der Waals surface area contributed by atoms with Gasteiger partial charge in [-0.1, -0.05) is 0 Å². The molecule has 0 rings (SSSR count). The second-order valence-electron chi connectivity index (χ2n) is 2.68. The van der Waals surface area contributed by atoms with Gasteiger partial charge in [0, 0.05) is 0 Å². The van der Waals surface area contributed by atoms with Crippen LogP contribution in [-0.2, 0) is 0 Å². The summed E-state index contributed by atoms with van der Waals surface area (Å²) in [4.78, 5) is 0. The smallest absolute Gasteiger partial charge is 1.00 e. The van der Waals surface area contributed by atoms with E-state index in [1.807, 2.05) is 0 Å². The molecule has 0 aliphatic rings. The fourth-order valence-corrected chi connectivity index (χ4v) is 0. The minimum Gasteiger partial charge on any atom is -1.00 e. The van der Waals surface area contributed by atoms with Crippen molar-refractivity contribution in [2.24, 2.45) is 0 Å². The molecule has 0 atom stereocenters. The summed E-state index contributed by atoms with van der Waals surface area (Å²) in [6.45, 7) is 0. The van der Waals surface area contributed by atoms with Crippen LogP contribution in [0.2, 0.25) is 0 Å². The average molecular weight is 116 g/mol. The molecule has 42 valence electrons. The maximum absolute atomic E-state index is 2.12. The normalized spacial score (nSPS) is 8.57. The fourth-order valence-electron chi connectivity index (χ4n) is 0. The standard InChI is InChI=1S/C4H12N.Na.H2O.H/c1-5(2,3)4;;;/h1-4H3;;1H2;/q2*+1;;-1. The van der Waals surface area contributed by atoms with Crippen molar-refractivity contribution < 1.29 is 40.9 Å². The third-order valence-corrected chi connectivity index (χ3v) is 0. The SMILES string of the molecule is C[N+](C)(C)C.O.[H-].[Na+]. The Balaban J connectivity index is -0.0000000267. The fraction of sp³-hybridized carbons (Fsp3) is 1.00. The largest absolute Gasteiger partial charge is 1.00 e. The van der Waals surface area contributed by atoms with Crippen molar-refractivity contribution in [3.63, 3.8) is 0 Å². The summed E-state index contributed by atoms with van der Waals surface area (Å²) < 4.78 is 1.00. The van der Waals surface area contributed by atoms with E-state index in [4.69, 9.17) is 0 Å². The number of rotatable bonds is 0. The Hall–Kier alpha value is 0.920. The van der Waals surface area contributed by atoms with Gasteiger partial charge >= 0.3 is 29.6 Å². The van der Waals surface area contributed by atoms with Crippen molar-refractivity contribution in [1.29, 1.82) is 0 Å². The van der Waals surface area contributed by atoms with Gasteiger partial charge in [-0.05, 0) is 0 Å². The monoisotopic (exact) mass is 116 g/mol. The molecule has 0 aromatic heterocycles. The summed E-state index contributed by atoms with van der Waals surface area (Å²) in [5.74, 6) is 0. The first kappa shape index (κ1) is 15.7. The van der Waals surface area contributed by atoms with Gasteiger partial charge in [0.1, 0.15) is 0 Å². The van der Waals surface area contributed by atoms with Crippen LogP contribution in [0.1, 0.15) is 1.43 Å². The molecule has 0 unspecified atom stereocenters. The van der Waals surface area contributed by atoms with Gasteiger partial charge < -0.3 is 11.4 Å². The van der Waals surface area contributed by atoms with Crippen molar-refractivity contribution in [2.75, 3.05) is 28.2 Å². The van der Waals surface area contributed by atoms with Gasteiger partial charge in [-0.25, -0.2) is 0 Å². The number of quaternary nitrogens is 1. The quantitative estimate of drug-likeness (QED) is 0.233. The summed E-state index contributed by atoms with van der Waals surface area (Å²) >= 11 is 0. The van der Waals surface area contributed by atoms with E-state index in [0.29, 0.717) is 0 Å². The summed E-state index contributed by atoms with van der Waals surface area (Å²) in [5, 5.41) is 0. The molecule has 0 aliphatic carbocycles. The van der Waals surface area contributed by atoms with Crippen molar-refractivity contribution in [3.05, 3.63) is 0 Å². The molecule has 0 radical (unpaired) electrons. The molecule has 0 aromatic rings. The Bertz CT molecular complexity index is 31.5. The van der Waals surface area contributed by atoms with Crippen LogP contribution in [0.15, 0.2) is 0 Å². The zero-order chi connectivity index (χ0) is 4.50. The molecular weight excluding hydrogens is 101 g/mol. The van der Waals surface area contributed by atoms with E-state index < -0.39 is 0 Å². The van der Waals surface area contributed by atoms with E-state index >= 15 is 0 Å². The van der Waals surface area contributed by atoms with Gasteiger partial charge in [0.05, 0.1) is 28.2 Å². The van der Waals surface area contributed by atoms with Crippen LogP contribution in [0, 0.1) is 0 Å². The van der Waals surface area contributed by atoms with Gasteiger partial charge in [0.15, 0.2) is 0 Å². The van der Waals surface area contributed by atoms with E-state index in [1.165, 1.54) is 0 Å². The first-order valence-electron chi connectivity index (χ1n) is 1.79. The van der Waals surface area contributed by atoms with Crippen molar-refractivity contribution >= 4 is 0 Å². The zero-order valence-corrected chi connectivity index (χ0v) is 7.95. The van der Waals surface area contributed by atoms with Crippen LogP contribution >= 0.6 is 0 Å². The van der Waals surface area contributed by atoms with Crippen LogP contribution in [0.3, 0.4) is 0 Å². The van der Waals surface area contributed by atoms with Crippen molar-refractivity contribution in [1.82, 2.24) is 0 Å². The van der Waals surface area contributed by atoms with Gasteiger partial charge in [-0.2, -0.15) is 0 Å². The van der Waals surface area contributed by atoms with Crippen LogP contribution < -0.4 is 29.6 Å². The topological polar surface area (TPSA) is 31.5 Å². The molecule has 0 aliphatic heterocycles. The Morgan fingerprint density at radius 1 is 1.00 bits per heavy atom. The second kappa shape index (κ2) is 5.06. The van der Waals surface area contributed by atoms with E-state index in [1.54, 1.807) is 0 Å².